The van der Waals surface area contributed by atoms with Crippen molar-refractivity contribution < 1.29 is 24.5 Å². The monoisotopic (exact) mass is 315 g/mol. The van der Waals surface area contributed by atoms with Crippen LogP contribution in [0.1, 0.15) is 27.5 Å². The summed E-state index contributed by atoms with van der Waals surface area (Å²) in [5.74, 6) is -1.53. The van der Waals surface area contributed by atoms with E-state index in [-0.39, 0.29) is 17.1 Å². The number of ether oxygens (including phenoxy) is 1. The van der Waals surface area contributed by atoms with Gasteiger partial charge in [0.15, 0.2) is 6.04 Å². The zero-order chi connectivity index (χ0) is 17.0. The average Bonchev–Trinajstić information content (AvgIpc) is 2.53. The molecule has 0 aliphatic heterocycles. The Kier molecular flexibility index (Phi) is 4.85. The topological polar surface area (TPSA) is 95.9 Å². The van der Waals surface area contributed by atoms with Gasteiger partial charge >= 0.3 is 5.97 Å². The highest BCUT2D eigenvalue weighted by Gasteiger charge is 2.25. The van der Waals surface area contributed by atoms with Gasteiger partial charge in [-0.15, -0.1) is 0 Å². The molecule has 1 atom stereocenters. The highest BCUT2D eigenvalue weighted by Crippen LogP contribution is 2.22. The number of methoxy groups -OCH3 is 1. The predicted molar refractivity (Wildman–Crippen MR) is 83.2 cm³/mol. The molecule has 0 unspecified atom stereocenters. The first-order valence-electron chi connectivity index (χ1n) is 6.89. The molecule has 0 aliphatic rings. The van der Waals surface area contributed by atoms with Crippen LogP contribution >= 0.6 is 0 Å². The van der Waals surface area contributed by atoms with Crippen molar-refractivity contribution >= 4 is 11.9 Å². The van der Waals surface area contributed by atoms with Crippen molar-refractivity contribution in [3.8, 4) is 11.5 Å². The number of hydrogen-bond donors (Lipinski definition) is 3. The minimum atomic E-state index is -1.10. The maximum absolute atomic E-state index is 12.4. The average molecular weight is 315 g/mol. The minimum absolute atomic E-state index is 0.0379. The van der Waals surface area contributed by atoms with Crippen molar-refractivity contribution in [1.29, 1.82) is 0 Å². The molecule has 6 nitrogen and oxygen atoms in total. The minimum Gasteiger partial charge on any atom is -0.508 e. The number of nitrogens with one attached hydrogen (secondary N) is 1. The summed E-state index contributed by atoms with van der Waals surface area (Å²) in [6, 6.07) is 9.44. The fourth-order valence-electron chi connectivity index (χ4n) is 2.14. The Hall–Kier alpha value is -3.02. The first-order chi connectivity index (χ1) is 10.9. The summed E-state index contributed by atoms with van der Waals surface area (Å²) in [5.41, 5.74) is 1.22. The lowest BCUT2D eigenvalue weighted by atomic mass is 10.0. The van der Waals surface area contributed by atoms with E-state index in [1.165, 1.54) is 31.4 Å². The third kappa shape index (κ3) is 3.79. The van der Waals surface area contributed by atoms with E-state index < -0.39 is 17.9 Å². The standard InChI is InChI=1S/C17H17NO5/c1-10-6-7-14(20)13(8-10)16(21)18-15(17(22)23-2)11-4-3-5-12(19)9-11/h3-9,15,19-20H,1-2H3,(H,18,21)/t15-/m0/s1. The van der Waals surface area contributed by atoms with E-state index in [1.54, 1.807) is 25.1 Å². The van der Waals surface area contributed by atoms with Crippen LogP contribution in [-0.2, 0) is 9.53 Å². The number of phenols is 2. The molecule has 0 spiro atoms. The van der Waals surface area contributed by atoms with Gasteiger partial charge in [0.2, 0.25) is 0 Å². The third-order valence-corrected chi connectivity index (χ3v) is 3.31. The third-order valence-electron chi connectivity index (χ3n) is 3.31. The molecule has 120 valence electrons. The number of carbonyl (C=O) groups is 2. The van der Waals surface area contributed by atoms with Crippen molar-refractivity contribution in [2.24, 2.45) is 0 Å². The number of aromatic hydroxyl groups is 2. The molecule has 23 heavy (non-hydrogen) atoms. The van der Waals surface area contributed by atoms with E-state index in [4.69, 9.17) is 4.74 Å². The van der Waals surface area contributed by atoms with Crippen LogP contribution in [0.2, 0.25) is 0 Å². The predicted octanol–water partition coefficient (Wildman–Crippen LogP) is 2.05. The van der Waals surface area contributed by atoms with Crippen LogP contribution in [0.25, 0.3) is 0 Å². The van der Waals surface area contributed by atoms with E-state index >= 15 is 0 Å². The van der Waals surface area contributed by atoms with E-state index in [1.807, 2.05) is 0 Å². The second kappa shape index (κ2) is 6.83. The Morgan fingerprint density at radius 2 is 1.87 bits per heavy atom. The van der Waals surface area contributed by atoms with Crippen molar-refractivity contribution in [3.63, 3.8) is 0 Å². The molecule has 0 aromatic heterocycles. The second-order valence-corrected chi connectivity index (χ2v) is 5.05. The highest BCUT2D eigenvalue weighted by molar-refractivity contribution is 5.99. The molecule has 0 saturated carbocycles. The number of hydrogen-bond acceptors (Lipinski definition) is 5. The molecule has 0 bridgehead atoms. The van der Waals surface area contributed by atoms with Crippen molar-refractivity contribution in [3.05, 3.63) is 59.2 Å². The van der Waals surface area contributed by atoms with Crippen LogP contribution in [0.15, 0.2) is 42.5 Å². The van der Waals surface area contributed by atoms with E-state index in [0.29, 0.717) is 5.56 Å². The van der Waals surface area contributed by atoms with Gasteiger partial charge in [0.25, 0.3) is 5.91 Å². The molecular formula is C17H17NO5. The molecule has 0 saturated heterocycles. The molecule has 1 amide bonds. The maximum atomic E-state index is 12.4. The Bertz CT molecular complexity index is 742. The zero-order valence-electron chi connectivity index (χ0n) is 12.7. The van der Waals surface area contributed by atoms with Crippen LogP contribution in [0.4, 0.5) is 0 Å². The Labute approximate surface area is 133 Å². The Balaban J connectivity index is 2.33. The number of rotatable bonds is 4. The van der Waals surface area contributed by atoms with Gasteiger partial charge < -0.3 is 20.3 Å². The van der Waals surface area contributed by atoms with Crippen LogP contribution in [-0.4, -0.2) is 29.2 Å². The number of carbonyl (C=O) groups excluding carboxylic acids is 2. The Morgan fingerprint density at radius 3 is 2.52 bits per heavy atom. The lowest BCUT2D eigenvalue weighted by molar-refractivity contribution is -0.143. The Morgan fingerprint density at radius 1 is 1.13 bits per heavy atom. The molecule has 2 aromatic rings. The van der Waals surface area contributed by atoms with Crippen molar-refractivity contribution in [2.45, 2.75) is 13.0 Å². The summed E-state index contributed by atoms with van der Waals surface area (Å²) in [4.78, 5) is 24.3. The quantitative estimate of drug-likeness (QED) is 0.751. The van der Waals surface area contributed by atoms with Gasteiger partial charge in [-0.25, -0.2) is 4.79 Å². The molecular weight excluding hydrogens is 298 g/mol. The smallest absolute Gasteiger partial charge is 0.333 e. The number of phenolic OH excluding ortho intramolecular Hbond substituents is 2. The molecule has 2 aromatic carbocycles. The van der Waals surface area contributed by atoms with Crippen LogP contribution in [0.3, 0.4) is 0 Å². The number of esters is 1. The summed E-state index contributed by atoms with van der Waals surface area (Å²) in [6.45, 7) is 1.78. The number of amides is 1. The normalized spacial score (nSPS) is 11.6. The van der Waals surface area contributed by atoms with Gasteiger partial charge in [0.1, 0.15) is 11.5 Å². The molecule has 2 rings (SSSR count). The second-order valence-electron chi connectivity index (χ2n) is 5.05. The largest absolute Gasteiger partial charge is 0.508 e. The van der Waals surface area contributed by atoms with Crippen LogP contribution in [0, 0.1) is 6.92 Å². The summed E-state index contributed by atoms with van der Waals surface area (Å²) >= 11 is 0. The highest BCUT2D eigenvalue weighted by atomic mass is 16.5. The lowest BCUT2D eigenvalue weighted by Gasteiger charge is -2.17. The van der Waals surface area contributed by atoms with Gasteiger partial charge in [-0.2, -0.15) is 0 Å². The molecule has 3 N–H and O–H groups in total. The van der Waals surface area contributed by atoms with Gasteiger partial charge in [0.05, 0.1) is 12.7 Å². The lowest BCUT2D eigenvalue weighted by Crippen LogP contribution is -2.34. The molecule has 6 heteroatoms. The van der Waals surface area contributed by atoms with Gasteiger partial charge in [-0.3, -0.25) is 4.79 Å². The first kappa shape index (κ1) is 16.4. The summed E-state index contributed by atoms with van der Waals surface area (Å²) in [5, 5.41) is 21.9. The fourth-order valence-corrected chi connectivity index (χ4v) is 2.14. The molecule has 0 fully saturated rings. The molecule has 0 aliphatic carbocycles. The van der Waals surface area contributed by atoms with Gasteiger partial charge in [-0.1, -0.05) is 23.8 Å². The SMILES string of the molecule is COC(=O)[C@@H](NC(=O)c1cc(C)ccc1O)c1cccc(O)c1. The van der Waals surface area contributed by atoms with E-state index in [9.17, 15) is 19.8 Å². The van der Waals surface area contributed by atoms with Crippen LogP contribution < -0.4 is 5.32 Å². The van der Waals surface area contributed by atoms with E-state index in [0.717, 1.165) is 5.56 Å². The summed E-state index contributed by atoms with van der Waals surface area (Å²) < 4.78 is 4.70. The number of benzene rings is 2. The van der Waals surface area contributed by atoms with Gasteiger partial charge in [-0.05, 0) is 36.8 Å². The van der Waals surface area contributed by atoms with Crippen molar-refractivity contribution in [1.82, 2.24) is 5.32 Å². The molecule has 0 heterocycles. The fraction of sp³-hybridized carbons (Fsp3) is 0.176. The summed E-state index contributed by atoms with van der Waals surface area (Å²) in [6.07, 6.45) is 0. The van der Waals surface area contributed by atoms with Crippen molar-refractivity contribution in [2.75, 3.05) is 7.11 Å². The summed E-state index contributed by atoms with van der Waals surface area (Å²) in [7, 11) is 1.20. The zero-order valence-corrected chi connectivity index (χ0v) is 12.7. The first-order valence-corrected chi connectivity index (χ1v) is 6.89. The maximum Gasteiger partial charge on any atom is 0.333 e. The van der Waals surface area contributed by atoms with E-state index in [2.05, 4.69) is 5.32 Å². The van der Waals surface area contributed by atoms with Gasteiger partial charge in [0, 0.05) is 0 Å². The van der Waals surface area contributed by atoms with Crippen LogP contribution in [0.5, 0.6) is 11.5 Å². The number of aryl methyl sites for hydroxylation is 1. The molecule has 0 radical (unpaired) electrons.